The number of carboxylic acid groups (broad SMARTS) is 1. The number of carbonyl (C=O) groups excluding carboxylic acids is 1. The lowest BCUT2D eigenvalue weighted by molar-refractivity contribution is -0.154. The van der Waals surface area contributed by atoms with Crippen molar-refractivity contribution in [3.05, 3.63) is 54.0 Å². The first-order valence-corrected chi connectivity index (χ1v) is 7.53. The smallest absolute Gasteiger partial charge is 0.334 e. The van der Waals surface area contributed by atoms with Gasteiger partial charge in [0.1, 0.15) is 12.4 Å². The van der Waals surface area contributed by atoms with Gasteiger partial charge in [0.25, 0.3) is 5.91 Å². The molecule has 1 aliphatic rings. The summed E-state index contributed by atoms with van der Waals surface area (Å²) in [5.41, 5.74) is 0.613. The molecular weight excluding hydrogens is 314 g/mol. The van der Waals surface area contributed by atoms with Gasteiger partial charge >= 0.3 is 5.97 Å². The van der Waals surface area contributed by atoms with Crippen LogP contribution >= 0.6 is 0 Å². The second kappa shape index (κ2) is 7.18. The van der Waals surface area contributed by atoms with Crippen LogP contribution in [0.4, 0.5) is 0 Å². The Hall–Kier alpha value is -2.80. The summed E-state index contributed by atoms with van der Waals surface area (Å²) >= 11 is 0. The fourth-order valence-corrected chi connectivity index (χ4v) is 2.44. The van der Waals surface area contributed by atoms with Crippen molar-refractivity contribution in [2.24, 2.45) is 0 Å². The number of aliphatic carboxylic acids is 1. The summed E-state index contributed by atoms with van der Waals surface area (Å²) in [4.78, 5) is 25.0. The van der Waals surface area contributed by atoms with Crippen LogP contribution in [0.2, 0.25) is 0 Å². The number of amides is 1. The van der Waals surface area contributed by atoms with Crippen LogP contribution in [0.15, 0.2) is 47.1 Å². The van der Waals surface area contributed by atoms with Crippen molar-refractivity contribution < 1.29 is 28.6 Å². The van der Waals surface area contributed by atoms with Gasteiger partial charge < -0.3 is 23.9 Å². The molecule has 24 heavy (non-hydrogen) atoms. The van der Waals surface area contributed by atoms with Crippen LogP contribution in [0.5, 0.6) is 5.75 Å². The van der Waals surface area contributed by atoms with E-state index in [0.29, 0.717) is 17.9 Å². The standard InChI is InChI=1S/C17H17NO6/c19-16(18-7-9-22-14(10-18)17(20)21)15-12(6-8-23-15)11-24-13-4-2-1-3-5-13/h1-6,8,14H,7,9-11H2,(H,20,21). The van der Waals surface area contributed by atoms with Crippen LogP contribution in [0, 0.1) is 0 Å². The van der Waals surface area contributed by atoms with E-state index in [0.717, 1.165) is 0 Å². The molecule has 1 saturated heterocycles. The topological polar surface area (TPSA) is 89.2 Å². The molecule has 0 aliphatic carbocycles. The fourth-order valence-electron chi connectivity index (χ4n) is 2.44. The van der Waals surface area contributed by atoms with Gasteiger partial charge in [-0.3, -0.25) is 4.79 Å². The lowest BCUT2D eigenvalue weighted by Gasteiger charge is -2.30. The van der Waals surface area contributed by atoms with Crippen molar-refractivity contribution >= 4 is 11.9 Å². The molecule has 1 aromatic carbocycles. The molecule has 7 heteroatoms. The molecule has 2 aromatic rings. The molecule has 0 spiro atoms. The molecule has 1 N–H and O–H groups in total. The molecule has 1 amide bonds. The first kappa shape index (κ1) is 16.1. The van der Waals surface area contributed by atoms with Crippen LogP contribution in [0.3, 0.4) is 0 Å². The second-order valence-corrected chi connectivity index (χ2v) is 5.33. The Bertz CT molecular complexity index is 711. The number of nitrogens with zero attached hydrogens (tertiary/aromatic N) is 1. The van der Waals surface area contributed by atoms with Crippen LogP contribution in [0.1, 0.15) is 16.1 Å². The van der Waals surface area contributed by atoms with Crippen molar-refractivity contribution in [1.29, 1.82) is 0 Å². The van der Waals surface area contributed by atoms with E-state index in [2.05, 4.69) is 0 Å². The molecule has 0 radical (unpaired) electrons. The Kier molecular flexibility index (Phi) is 4.81. The summed E-state index contributed by atoms with van der Waals surface area (Å²) in [6.07, 6.45) is 0.410. The van der Waals surface area contributed by atoms with Crippen molar-refractivity contribution in [2.45, 2.75) is 12.7 Å². The lowest BCUT2D eigenvalue weighted by Crippen LogP contribution is -2.48. The number of rotatable bonds is 5. The Morgan fingerprint density at radius 3 is 2.79 bits per heavy atom. The van der Waals surface area contributed by atoms with Gasteiger partial charge in [0.05, 0.1) is 19.4 Å². The van der Waals surface area contributed by atoms with E-state index in [-0.39, 0.29) is 31.4 Å². The van der Waals surface area contributed by atoms with Crippen LogP contribution in [0.25, 0.3) is 0 Å². The first-order valence-electron chi connectivity index (χ1n) is 7.53. The highest BCUT2D eigenvalue weighted by Crippen LogP contribution is 2.19. The number of benzene rings is 1. The van der Waals surface area contributed by atoms with E-state index in [1.807, 2.05) is 30.3 Å². The van der Waals surface area contributed by atoms with E-state index >= 15 is 0 Å². The number of para-hydroxylation sites is 1. The normalized spacial score (nSPS) is 17.5. The summed E-state index contributed by atoms with van der Waals surface area (Å²) in [5, 5.41) is 9.03. The van der Waals surface area contributed by atoms with E-state index < -0.39 is 12.1 Å². The highest BCUT2D eigenvalue weighted by atomic mass is 16.5. The maximum absolute atomic E-state index is 12.6. The third-order valence-electron chi connectivity index (χ3n) is 3.71. The van der Waals surface area contributed by atoms with Gasteiger partial charge in [-0.2, -0.15) is 0 Å². The third-order valence-corrected chi connectivity index (χ3v) is 3.71. The highest BCUT2D eigenvalue weighted by molar-refractivity contribution is 5.93. The van der Waals surface area contributed by atoms with Crippen LogP contribution < -0.4 is 4.74 Å². The van der Waals surface area contributed by atoms with Crippen molar-refractivity contribution in [1.82, 2.24) is 4.90 Å². The minimum atomic E-state index is -1.08. The van der Waals surface area contributed by atoms with Crippen molar-refractivity contribution in [2.75, 3.05) is 19.7 Å². The predicted molar refractivity (Wildman–Crippen MR) is 82.8 cm³/mol. The Morgan fingerprint density at radius 1 is 1.25 bits per heavy atom. The summed E-state index contributed by atoms with van der Waals surface area (Å²) < 4.78 is 16.1. The molecule has 3 rings (SSSR count). The summed E-state index contributed by atoms with van der Waals surface area (Å²) in [6, 6.07) is 10.9. The molecule has 1 unspecified atom stereocenters. The number of ether oxygens (including phenoxy) is 2. The van der Waals surface area contributed by atoms with Gasteiger partial charge in [-0.15, -0.1) is 0 Å². The zero-order valence-electron chi connectivity index (χ0n) is 12.9. The fraction of sp³-hybridized carbons (Fsp3) is 0.294. The zero-order chi connectivity index (χ0) is 16.9. The highest BCUT2D eigenvalue weighted by Gasteiger charge is 2.31. The average molecular weight is 331 g/mol. The van der Waals surface area contributed by atoms with Crippen LogP contribution in [-0.2, 0) is 16.1 Å². The minimum Gasteiger partial charge on any atom is -0.489 e. The molecule has 0 saturated carbocycles. The summed E-state index contributed by atoms with van der Waals surface area (Å²) in [7, 11) is 0. The van der Waals surface area contributed by atoms with Gasteiger partial charge in [-0.1, -0.05) is 18.2 Å². The maximum atomic E-state index is 12.6. The largest absolute Gasteiger partial charge is 0.489 e. The van der Waals surface area contributed by atoms with Gasteiger partial charge in [0.2, 0.25) is 0 Å². The van der Waals surface area contributed by atoms with Crippen molar-refractivity contribution in [3.63, 3.8) is 0 Å². The van der Waals surface area contributed by atoms with E-state index in [1.54, 1.807) is 6.07 Å². The van der Waals surface area contributed by atoms with E-state index in [9.17, 15) is 9.59 Å². The number of carbonyl (C=O) groups is 2. The minimum absolute atomic E-state index is 0.00610. The van der Waals surface area contributed by atoms with Crippen molar-refractivity contribution in [3.8, 4) is 5.75 Å². The Morgan fingerprint density at radius 2 is 2.04 bits per heavy atom. The predicted octanol–water partition coefficient (Wildman–Crippen LogP) is 1.78. The van der Waals surface area contributed by atoms with Gasteiger partial charge in [-0.05, 0) is 18.2 Å². The average Bonchev–Trinajstić information content (AvgIpc) is 3.09. The lowest BCUT2D eigenvalue weighted by atomic mass is 10.2. The summed E-state index contributed by atoms with van der Waals surface area (Å²) in [6.45, 7) is 0.684. The second-order valence-electron chi connectivity index (χ2n) is 5.33. The molecule has 1 atom stereocenters. The number of furan rings is 1. The molecule has 1 fully saturated rings. The monoisotopic (exact) mass is 331 g/mol. The summed E-state index contributed by atoms with van der Waals surface area (Å²) in [5.74, 6) is -0.591. The van der Waals surface area contributed by atoms with Gasteiger partial charge in [0, 0.05) is 12.1 Å². The molecular formula is C17H17NO6. The SMILES string of the molecule is O=C(O)C1CN(C(=O)c2occc2COc2ccccc2)CCO1. The number of hydrogen-bond acceptors (Lipinski definition) is 5. The quantitative estimate of drug-likeness (QED) is 0.898. The molecule has 1 aromatic heterocycles. The third kappa shape index (κ3) is 3.57. The molecule has 0 bridgehead atoms. The number of morpholine rings is 1. The van der Waals surface area contributed by atoms with Gasteiger partial charge in [-0.25, -0.2) is 4.79 Å². The molecule has 7 nitrogen and oxygen atoms in total. The Balaban J connectivity index is 1.67. The van der Waals surface area contributed by atoms with E-state index in [1.165, 1.54) is 11.2 Å². The molecule has 126 valence electrons. The van der Waals surface area contributed by atoms with Crippen LogP contribution in [-0.4, -0.2) is 47.7 Å². The maximum Gasteiger partial charge on any atom is 0.334 e. The zero-order valence-corrected chi connectivity index (χ0v) is 12.9. The Labute approximate surface area is 138 Å². The number of carboxylic acids is 1. The van der Waals surface area contributed by atoms with Gasteiger partial charge in [0.15, 0.2) is 11.9 Å². The van der Waals surface area contributed by atoms with E-state index in [4.69, 9.17) is 19.0 Å². The molecule has 2 heterocycles. The number of hydrogen-bond donors (Lipinski definition) is 1. The molecule has 1 aliphatic heterocycles. The first-order chi connectivity index (χ1) is 11.6.